The third-order valence-electron chi connectivity index (χ3n) is 3.85. The third-order valence-corrected chi connectivity index (χ3v) is 4.26. The van der Waals surface area contributed by atoms with E-state index < -0.39 is 0 Å². The summed E-state index contributed by atoms with van der Waals surface area (Å²) in [4.78, 5) is 2.47. The smallest absolute Gasteiger partial charge is 0.203 e. The average Bonchev–Trinajstić information content (AvgIpc) is 3.24. The predicted molar refractivity (Wildman–Crippen MR) is 87.0 cm³/mol. The van der Waals surface area contributed by atoms with Crippen molar-refractivity contribution in [2.24, 2.45) is 5.92 Å². The van der Waals surface area contributed by atoms with Gasteiger partial charge in [0.15, 0.2) is 0 Å². The van der Waals surface area contributed by atoms with Gasteiger partial charge in [0.2, 0.25) is 4.77 Å². The number of hydrogen-bond acceptors (Lipinski definition) is 3. The van der Waals surface area contributed by atoms with Crippen LogP contribution in [0.3, 0.4) is 0 Å². The van der Waals surface area contributed by atoms with Gasteiger partial charge in [0.05, 0.1) is 6.67 Å². The van der Waals surface area contributed by atoms with Crippen LogP contribution in [0, 0.1) is 10.7 Å². The van der Waals surface area contributed by atoms with Crippen LogP contribution in [0.15, 0.2) is 36.7 Å². The summed E-state index contributed by atoms with van der Waals surface area (Å²) in [7, 11) is 0. The van der Waals surface area contributed by atoms with Crippen LogP contribution in [0.25, 0.3) is 5.69 Å². The SMILES string of the molecule is CCCN(CC1CC1)Cn1ncn(-c2ccccc2)c1=S. The summed E-state index contributed by atoms with van der Waals surface area (Å²) in [6.07, 6.45) is 5.74. The molecular weight excluding hydrogens is 280 g/mol. The summed E-state index contributed by atoms with van der Waals surface area (Å²) in [6.45, 7) is 5.30. The lowest BCUT2D eigenvalue weighted by atomic mass is 10.3. The number of aromatic nitrogens is 3. The van der Waals surface area contributed by atoms with Crippen LogP contribution in [-0.2, 0) is 6.67 Å². The van der Waals surface area contributed by atoms with Crippen molar-refractivity contribution in [3.63, 3.8) is 0 Å². The van der Waals surface area contributed by atoms with Crippen molar-refractivity contribution in [2.45, 2.75) is 32.9 Å². The monoisotopic (exact) mass is 302 g/mol. The Morgan fingerprint density at radius 3 is 2.71 bits per heavy atom. The molecule has 1 heterocycles. The molecule has 0 bridgehead atoms. The lowest BCUT2D eigenvalue weighted by Crippen LogP contribution is -2.30. The summed E-state index contributed by atoms with van der Waals surface area (Å²) in [5.41, 5.74) is 1.07. The molecule has 3 rings (SSSR count). The Hall–Kier alpha value is -1.46. The van der Waals surface area contributed by atoms with Crippen LogP contribution in [0.4, 0.5) is 0 Å². The van der Waals surface area contributed by atoms with Crippen molar-refractivity contribution in [2.75, 3.05) is 13.1 Å². The Balaban J connectivity index is 1.76. The van der Waals surface area contributed by atoms with Gasteiger partial charge in [0, 0.05) is 12.2 Å². The zero-order chi connectivity index (χ0) is 14.7. The lowest BCUT2D eigenvalue weighted by Gasteiger charge is -2.21. The standard InChI is InChI=1S/C16H22N4S/c1-2-10-18(11-14-8-9-14)13-20-16(21)19(12-17-20)15-6-4-3-5-7-15/h3-7,12,14H,2,8-11,13H2,1H3. The Kier molecular flexibility index (Phi) is 4.51. The summed E-state index contributed by atoms with van der Waals surface area (Å²) >= 11 is 5.58. The molecule has 4 nitrogen and oxygen atoms in total. The van der Waals surface area contributed by atoms with Crippen molar-refractivity contribution in [3.05, 3.63) is 41.4 Å². The molecule has 0 atom stereocenters. The van der Waals surface area contributed by atoms with Crippen LogP contribution in [0.2, 0.25) is 0 Å². The highest BCUT2D eigenvalue weighted by molar-refractivity contribution is 7.71. The second-order valence-corrected chi connectivity index (χ2v) is 6.15. The van der Waals surface area contributed by atoms with Crippen LogP contribution < -0.4 is 0 Å². The summed E-state index contributed by atoms with van der Waals surface area (Å²) in [5.74, 6) is 0.891. The largest absolute Gasteiger partial charge is 0.284 e. The Labute approximate surface area is 131 Å². The van der Waals surface area contributed by atoms with Crippen molar-refractivity contribution in [1.29, 1.82) is 0 Å². The van der Waals surface area contributed by atoms with Gasteiger partial charge >= 0.3 is 0 Å². The Morgan fingerprint density at radius 1 is 1.29 bits per heavy atom. The number of para-hydroxylation sites is 1. The van der Waals surface area contributed by atoms with Crippen molar-refractivity contribution in [3.8, 4) is 5.69 Å². The fourth-order valence-electron chi connectivity index (χ4n) is 2.59. The maximum atomic E-state index is 5.58. The first kappa shape index (κ1) is 14.5. The van der Waals surface area contributed by atoms with Crippen molar-refractivity contribution >= 4 is 12.2 Å². The zero-order valence-corrected chi connectivity index (χ0v) is 13.3. The van der Waals surface area contributed by atoms with Crippen LogP contribution >= 0.6 is 12.2 Å². The molecule has 0 N–H and O–H groups in total. The van der Waals surface area contributed by atoms with Crippen LogP contribution in [0.5, 0.6) is 0 Å². The Bertz CT molecular complexity index is 627. The van der Waals surface area contributed by atoms with Gasteiger partial charge in [0.1, 0.15) is 6.33 Å². The molecule has 0 saturated heterocycles. The molecule has 0 aliphatic heterocycles. The van der Waals surface area contributed by atoms with E-state index in [1.165, 1.54) is 25.8 Å². The van der Waals surface area contributed by atoms with Gasteiger partial charge in [0.25, 0.3) is 0 Å². The fourth-order valence-corrected chi connectivity index (χ4v) is 2.85. The van der Waals surface area contributed by atoms with E-state index in [2.05, 4.69) is 29.1 Å². The molecule has 0 unspecified atom stereocenters. The summed E-state index contributed by atoms with van der Waals surface area (Å²) < 4.78 is 4.66. The zero-order valence-electron chi connectivity index (χ0n) is 12.5. The average molecular weight is 302 g/mol. The molecule has 1 fully saturated rings. The van der Waals surface area contributed by atoms with Crippen molar-refractivity contribution < 1.29 is 0 Å². The van der Waals surface area contributed by atoms with Gasteiger partial charge in [-0.05, 0) is 56.1 Å². The van der Waals surface area contributed by atoms with E-state index in [4.69, 9.17) is 12.2 Å². The van der Waals surface area contributed by atoms with Crippen molar-refractivity contribution in [1.82, 2.24) is 19.2 Å². The molecule has 1 aliphatic rings. The van der Waals surface area contributed by atoms with E-state index in [1.54, 1.807) is 0 Å². The van der Waals surface area contributed by atoms with Gasteiger partial charge in [-0.15, -0.1) is 0 Å². The topological polar surface area (TPSA) is 26.0 Å². The quantitative estimate of drug-likeness (QED) is 0.732. The van der Waals surface area contributed by atoms with Gasteiger partial charge in [-0.3, -0.25) is 9.47 Å². The molecule has 0 spiro atoms. The van der Waals surface area contributed by atoms with E-state index in [9.17, 15) is 0 Å². The van der Waals surface area contributed by atoms with E-state index >= 15 is 0 Å². The molecule has 2 aromatic rings. The van der Waals surface area contributed by atoms with Gasteiger partial charge in [-0.2, -0.15) is 5.10 Å². The first-order valence-electron chi connectivity index (χ1n) is 7.70. The molecule has 0 radical (unpaired) electrons. The molecule has 0 amide bonds. The van der Waals surface area contributed by atoms with Gasteiger partial charge in [-0.25, -0.2) is 4.68 Å². The fraction of sp³-hybridized carbons (Fsp3) is 0.500. The first-order chi connectivity index (χ1) is 10.3. The summed E-state index contributed by atoms with van der Waals surface area (Å²) in [6, 6.07) is 10.2. The van der Waals surface area contributed by atoms with E-state index in [1.807, 2.05) is 33.8 Å². The molecule has 1 aliphatic carbocycles. The minimum absolute atomic E-state index is 0.762. The van der Waals surface area contributed by atoms with E-state index in [0.29, 0.717) is 0 Å². The lowest BCUT2D eigenvalue weighted by molar-refractivity contribution is 0.197. The maximum absolute atomic E-state index is 5.58. The Morgan fingerprint density at radius 2 is 2.05 bits per heavy atom. The summed E-state index contributed by atoms with van der Waals surface area (Å²) in [5, 5.41) is 4.48. The molecule has 1 aromatic heterocycles. The minimum atomic E-state index is 0.762. The molecule has 21 heavy (non-hydrogen) atoms. The number of benzene rings is 1. The highest BCUT2D eigenvalue weighted by Crippen LogP contribution is 2.29. The molecule has 5 heteroatoms. The second-order valence-electron chi connectivity index (χ2n) is 5.78. The maximum Gasteiger partial charge on any atom is 0.203 e. The molecular formula is C16H22N4S. The van der Waals surface area contributed by atoms with Gasteiger partial charge < -0.3 is 0 Å². The normalized spacial score (nSPS) is 14.8. The highest BCUT2D eigenvalue weighted by Gasteiger charge is 2.24. The molecule has 1 saturated carbocycles. The van der Waals surface area contributed by atoms with E-state index in [-0.39, 0.29) is 0 Å². The molecule has 112 valence electrons. The number of rotatable bonds is 7. The van der Waals surface area contributed by atoms with E-state index in [0.717, 1.165) is 29.6 Å². The first-order valence-corrected chi connectivity index (χ1v) is 8.11. The number of nitrogens with zero attached hydrogens (tertiary/aromatic N) is 4. The van der Waals surface area contributed by atoms with Crippen LogP contribution in [0.1, 0.15) is 26.2 Å². The molecule has 1 aromatic carbocycles. The van der Waals surface area contributed by atoms with Crippen LogP contribution in [-0.4, -0.2) is 32.3 Å². The highest BCUT2D eigenvalue weighted by atomic mass is 32.1. The predicted octanol–water partition coefficient (Wildman–Crippen LogP) is 3.48. The van der Waals surface area contributed by atoms with Gasteiger partial charge in [-0.1, -0.05) is 25.1 Å². The minimum Gasteiger partial charge on any atom is -0.284 e. The third kappa shape index (κ3) is 3.60. The second kappa shape index (κ2) is 6.54. The number of hydrogen-bond donors (Lipinski definition) is 0.